The molecule has 0 bridgehead atoms. The molecular weight excluding hydrogens is 390 g/mol. The number of hydroxylamine groups is 1. The van der Waals surface area contributed by atoms with Crippen LogP contribution in [0.25, 0.3) is 17.0 Å². The van der Waals surface area contributed by atoms with Crippen molar-refractivity contribution in [1.29, 1.82) is 0 Å². The van der Waals surface area contributed by atoms with Gasteiger partial charge in [0.1, 0.15) is 5.75 Å². The second-order valence-corrected chi connectivity index (χ2v) is 8.06. The van der Waals surface area contributed by atoms with E-state index < -0.39 is 5.91 Å². The fourth-order valence-electron chi connectivity index (χ4n) is 4.58. The molecule has 1 saturated heterocycles. The lowest BCUT2D eigenvalue weighted by Gasteiger charge is -2.25. The summed E-state index contributed by atoms with van der Waals surface area (Å²) in [5, 5.41) is 9.83. The van der Waals surface area contributed by atoms with Crippen LogP contribution in [-0.2, 0) is 11.2 Å². The number of rotatable bonds is 7. The molecule has 162 valence electrons. The Morgan fingerprint density at radius 1 is 1.29 bits per heavy atom. The number of methoxy groups -OCH3 is 1. The normalized spacial score (nSPS) is 16.9. The van der Waals surface area contributed by atoms with Crippen molar-refractivity contribution in [2.45, 2.75) is 32.2 Å². The summed E-state index contributed by atoms with van der Waals surface area (Å²) in [6.07, 6.45) is 6.35. The van der Waals surface area contributed by atoms with Gasteiger partial charge < -0.3 is 9.72 Å². The summed E-state index contributed by atoms with van der Waals surface area (Å²) in [4.78, 5) is 17.2. The molecule has 1 amide bonds. The zero-order valence-corrected chi connectivity index (χ0v) is 18.0. The Kier molecular flexibility index (Phi) is 6.39. The third-order valence-electron chi connectivity index (χ3n) is 6.20. The van der Waals surface area contributed by atoms with E-state index in [0.29, 0.717) is 6.04 Å². The molecule has 3 N–H and O–H groups in total. The average Bonchev–Trinajstić information content (AvgIpc) is 3.39. The number of H-pyrrole nitrogens is 1. The van der Waals surface area contributed by atoms with Crippen molar-refractivity contribution in [3.8, 4) is 5.75 Å². The van der Waals surface area contributed by atoms with Crippen molar-refractivity contribution < 1.29 is 14.7 Å². The van der Waals surface area contributed by atoms with Crippen LogP contribution < -0.4 is 10.2 Å². The largest absolute Gasteiger partial charge is 0.497 e. The van der Waals surface area contributed by atoms with E-state index in [2.05, 4.69) is 41.1 Å². The maximum atomic E-state index is 11.2. The zero-order valence-electron chi connectivity index (χ0n) is 18.0. The summed E-state index contributed by atoms with van der Waals surface area (Å²) in [5.74, 6) is 0.355. The Balaban J connectivity index is 1.46. The predicted octanol–water partition coefficient (Wildman–Crippen LogP) is 4.38. The highest BCUT2D eigenvalue weighted by atomic mass is 16.5. The molecule has 4 rings (SSSR count). The van der Waals surface area contributed by atoms with E-state index in [1.807, 2.05) is 18.2 Å². The van der Waals surface area contributed by atoms with Crippen LogP contribution in [0, 0.1) is 6.92 Å². The van der Waals surface area contributed by atoms with Gasteiger partial charge in [-0.25, -0.2) is 5.48 Å². The van der Waals surface area contributed by atoms with Gasteiger partial charge in [-0.3, -0.25) is 14.9 Å². The average molecular weight is 420 g/mol. The van der Waals surface area contributed by atoms with Crippen molar-refractivity contribution in [2.75, 3.05) is 20.2 Å². The molecule has 2 aromatic carbocycles. The third kappa shape index (κ3) is 4.65. The van der Waals surface area contributed by atoms with E-state index in [4.69, 9.17) is 9.94 Å². The number of amides is 1. The fraction of sp³-hybridized carbons (Fsp3) is 0.320. The number of benzene rings is 2. The van der Waals surface area contributed by atoms with Gasteiger partial charge in [0.25, 0.3) is 5.91 Å². The van der Waals surface area contributed by atoms with E-state index >= 15 is 0 Å². The molecule has 6 heteroatoms. The molecule has 1 aliphatic rings. The predicted molar refractivity (Wildman–Crippen MR) is 122 cm³/mol. The summed E-state index contributed by atoms with van der Waals surface area (Å²) in [5.41, 5.74) is 7.58. The molecule has 6 nitrogen and oxygen atoms in total. The van der Waals surface area contributed by atoms with Gasteiger partial charge in [-0.15, -0.1) is 0 Å². The fourth-order valence-corrected chi connectivity index (χ4v) is 4.58. The number of likely N-dealkylation sites (tertiary alicyclic amines) is 1. The summed E-state index contributed by atoms with van der Waals surface area (Å²) < 4.78 is 5.42. The number of nitrogens with zero attached hydrogens (tertiary/aromatic N) is 1. The van der Waals surface area contributed by atoms with Gasteiger partial charge >= 0.3 is 0 Å². The van der Waals surface area contributed by atoms with E-state index in [9.17, 15) is 4.79 Å². The Hall–Kier alpha value is -3.09. The smallest absolute Gasteiger partial charge is 0.267 e. The summed E-state index contributed by atoms with van der Waals surface area (Å²) in [6.45, 7) is 4.26. The van der Waals surface area contributed by atoms with Crippen LogP contribution in [0.1, 0.15) is 41.3 Å². The number of aromatic amines is 1. The number of fused-ring (bicyclic) bond motifs is 1. The van der Waals surface area contributed by atoms with Crippen molar-refractivity contribution in [3.63, 3.8) is 0 Å². The van der Waals surface area contributed by atoms with Crippen LogP contribution in [0.3, 0.4) is 0 Å². The molecule has 0 unspecified atom stereocenters. The number of aryl methyl sites for hydroxylation is 1. The minimum Gasteiger partial charge on any atom is -0.497 e. The van der Waals surface area contributed by atoms with Crippen LogP contribution in [0.5, 0.6) is 5.75 Å². The number of aromatic nitrogens is 1. The number of nitrogens with one attached hydrogen (secondary N) is 2. The molecule has 1 fully saturated rings. The molecule has 1 aromatic heterocycles. The minimum absolute atomic E-state index is 0.416. The molecular formula is C25H29N3O3. The lowest BCUT2D eigenvalue weighted by atomic mass is 10.0. The second kappa shape index (κ2) is 9.37. The van der Waals surface area contributed by atoms with Gasteiger partial charge in [0, 0.05) is 35.3 Å². The van der Waals surface area contributed by atoms with Gasteiger partial charge in [0.15, 0.2) is 0 Å². The maximum absolute atomic E-state index is 11.2. The molecule has 0 aliphatic carbocycles. The monoisotopic (exact) mass is 419 g/mol. The quantitative estimate of drug-likeness (QED) is 0.302. The highest BCUT2D eigenvalue weighted by Gasteiger charge is 2.26. The first-order valence-electron chi connectivity index (χ1n) is 10.7. The number of carbonyl (C=O) groups excluding carboxylic acids is 1. The lowest BCUT2D eigenvalue weighted by Crippen LogP contribution is -2.25. The van der Waals surface area contributed by atoms with Gasteiger partial charge in [0.05, 0.1) is 7.11 Å². The van der Waals surface area contributed by atoms with E-state index in [1.165, 1.54) is 34.7 Å². The molecule has 0 saturated carbocycles. The van der Waals surface area contributed by atoms with E-state index in [-0.39, 0.29) is 0 Å². The molecule has 1 aliphatic heterocycles. The first-order valence-corrected chi connectivity index (χ1v) is 10.7. The highest BCUT2D eigenvalue weighted by molar-refractivity contribution is 5.90. The van der Waals surface area contributed by atoms with Crippen LogP contribution in [0.4, 0.5) is 0 Å². The molecule has 1 atom stereocenters. The number of hydrogen-bond donors (Lipinski definition) is 3. The molecule has 0 spiro atoms. The van der Waals surface area contributed by atoms with Crippen LogP contribution in [0.15, 0.2) is 48.5 Å². The molecule has 3 aromatic rings. The Labute approximate surface area is 182 Å². The van der Waals surface area contributed by atoms with E-state index in [0.717, 1.165) is 42.8 Å². The Morgan fingerprint density at radius 3 is 2.84 bits per heavy atom. The molecule has 0 radical (unpaired) electrons. The van der Waals surface area contributed by atoms with Crippen LogP contribution in [0.2, 0.25) is 0 Å². The summed E-state index contributed by atoms with van der Waals surface area (Å²) in [7, 11) is 1.71. The maximum Gasteiger partial charge on any atom is 0.267 e. The van der Waals surface area contributed by atoms with Crippen molar-refractivity contribution >= 4 is 22.9 Å². The van der Waals surface area contributed by atoms with Crippen LogP contribution in [-0.4, -0.2) is 41.2 Å². The van der Waals surface area contributed by atoms with Gasteiger partial charge in [0.2, 0.25) is 0 Å². The van der Waals surface area contributed by atoms with Crippen molar-refractivity contribution in [3.05, 3.63) is 70.9 Å². The SMILES string of the molecule is COc1ccc2[nH]c(C)c(CCN3CCC[C@H]3c3ccc(C=CC(=O)NO)cc3)c2c1. The first-order chi connectivity index (χ1) is 15.1. The molecule has 2 heterocycles. The summed E-state index contributed by atoms with van der Waals surface area (Å²) >= 11 is 0. The highest BCUT2D eigenvalue weighted by Crippen LogP contribution is 2.33. The van der Waals surface area contributed by atoms with Crippen LogP contribution >= 0.6 is 0 Å². The van der Waals surface area contributed by atoms with E-state index in [1.54, 1.807) is 18.7 Å². The standard InChI is InChI=1S/C25H29N3O3/c1-17-21(22-16-20(31-2)10-11-23(22)26-17)13-15-28-14-3-4-24(28)19-8-5-18(6-9-19)7-12-25(29)27-30/h5-12,16,24,26,30H,3-4,13-15H2,1-2H3,(H,27,29)/t24-/m0/s1. The summed E-state index contributed by atoms with van der Waals surface area (Å²) in [6, 6.07) is 14.9. The second-order valence-electron chi connectivity index (χ2n) is 8.06. The third-order valence-corrected chi connectivity index (χ3v) is 6.20. The minimum atomic E-state index is -0.531. The first kappa shape index (κ1) is 21.2. The van der Waals surface area contributed by atoms with Crippen molar-refractivity contribution in [1.82, 2.24) is 15.4 Å². The van der Waals surface area contributed by atoms with Gasteiger partial charge in [-0.2, -0.15) is 0 Å². The van der Waals surface area contributed by atoms with Gasteiger partial charge in [-0.05, 0) is 73.7 Å². The number of ether oxygens (including phenoxy) is 1. The van der Waals surface area contributed by atoms with Crippen molar-refractivity contribution in [2.24, 2.45) is 0 Å². The Bertz CT molecular complexity index is 1090. The Morgan fingerprint density at radius 2 is 2.10 bits per heavy atom. The molecule has 31 heavy (non-hydrogen) atoms. The number of carbonyl (C=O) groups is 1. The zero-order chi connectivity index (χ0) is 21.8. The topological polar surface area (TPSA) is 77.6 Å². The number of hydrogen-bond acceptors (Lipinski definition) is 4. The lowest BCUT2D eigenvalue weighted by molar-refractivity contribution is -0.124. The van der Waals surface area contributed by atoms with Gasteiger partial charge in [-0.1, -0.05) is 24.3 Å².